The molecule has 0 spiro atoms. The average Bonchev–Trinajstić information content (AvgIpc) is 3.26. The fourth-order valence-corrected chi connectivity index (χ4v) is 4.14. The third kappa shape index (κ3) is 4.40. The Labute approximate surface area is 165 Å². The van der Waals surface area contributed by atoms with E-state index in [0.717, 1.165) is 36.6 Å². The summed E-state index contributed by atoms with van der Waals surface area (Å²) in [6.07, 6.45) is 7.35. The molecule has 2 aromatic heterocycles. The predicted molar refractivity (Wildman–Crippen MR) is 109 cm³/mol. The summed E-state index contributed by atoms with van der Waals surface area (Å²) in [5.74, 6) is 0. The van der Waals surface area contributed by atoms with Gasteiger partial charge in [0.2, 0.25) is 0 Å². The van der Waals surface area contributed by atoms with Crippen LogP contribution in [0.15, 0.2) is 48.8 Å². The molecule has 0 N–H and O–H groups in total. The summed E-state index contributed by atoms with van der Waals surface area (Å²) in [7, 11) is 1.97. The topological polar surface area (TPSA) is 34.0 Å². The second kappa shape index (κ2) is 7.83. The highest BCUT2D eigenvalue weighted by molar-refractivity contribution is 6.30. The second-order valence-corrected chi connectivity index (χ2v) is 7.93. The van der Waals surface area contributed by atoms with E-state index >= 15 is 0 Å². The molecule has 1 aliphatic heterocycles. The summed E-state index contributed by atoms with van der Waals surface area (Å²) in [6.45, 7) is 4.14. The van der Waals surface area contributed by atoms with E-state index < -0.39 is 0 Å². The Morgan fingerprint density at radius 1 is 1.11 bits per heavy atom. The van der Waals surface area contributed by atoms with Gasteiger partial charge in [0.1, 0.15) is 0 Å². The molecule has 3 heterocycles. The average molecular weight is 381 g/mol. The van der Waals surface area contributed by atoms with Crippen LogP contribution in [0.25, 0.3) is 0 Å². The standard InChI is InChI=1S/C22H25ClN4/c1-16-10-18(11-17-5-7-20(23)8-6-17)12-21(25-16)22-4-3-9-27(22)15-19-13-24-26(2)14-19/h5-8,10,12-14,22H,3-4,9,11,15H2,1-2H3. The van der Waals surface area contributed by atoms with Crippen LogP contribution in [-0.2, 0) is 20.0 Å². The van der Waals surface area contributed by atoms with Crippen molar-refractivity contribution >= 4 is 11.6 Å². The number of pyridine rings is 1. The Balaban J connectivity index is 1.55. The van der Waals surface area contributed by atoms with Crippen LogP contribution in [-0.4, -0.2) is 26.2 Å². The van der Waals surface area contributed by atoms with Gasteiger partial charge in [0.05, 0.1) is 17.9 Å². The minimum atomic E-state index is 0.383. The third-order valence-electron chi connectivity index (χ3n) is 5.20. The maximum absolute atomic E-state index is 6.01. The van der Waals surface area contributed by atoms with E-state index in [-0.39, 0.29) is 0 Å². The van der Waals surface area contributed by atoms with Crippen LogP contribution >= 0.6 is 11.6 Å². The molecule has 0 amide bonds. The number of hydrogen-bond acceptors (Lipinski definition) is 3. The Morgan fingerprint density at radius 2 is 1.93 bits per heavy atom. The Bertz CT molecular complexity index is 916. The molecule has 4 nitrogen and oxygen atoms in total. The van der Waals surface area contributed by atoms with E-state index in [0.29, 0.717) is 6.04 Å². The lowest BCUT2D eigenvalue weighted by Gasteiger charge is -2.24. The van der Waals surface area contributed by atoms with Gasteiger partial charge in [-0.05, 0) is 68.1 Å². The van der Waals surface area contributed by atoms with Crippen LogP contribution in [0.4, 0.5) is 0 Å². The smallest absolute Gasteiger partial charge is 0.0581 e. The number of aryl methyl sites for hydroxylation is 2. The van der Waals surface area contributed by atoms with E-state index in [1.165, 1.54) is 28.8 Å². The van der Waals surface area contributed by atoms with Gasteiger partial charge in [-0.15, -0.1) is 0 Å². The zero-order valence-electron chi connectivity index (χ0n) is 15.9. The molecule has 0 saturated carbocycles. The molecule has 1 unspecified atom stereocenters. The first-order valence-corrected chi connectivity index (χ1v) is 9.88. The highest BCUT2D eigenvalue weighted by atomic mass is 35.5. The number of nitrogens with zero attached hydrogens (tertiary/aromatic N) is 4. The van der Waals surface area contributed by atoms with Crippen molar-refractivity contribution in [2.45, 2.75) is 38.8 Å². The Morgan fingerprint density at radius 3 is 2.67 bits per heavy atom. The largest absolute Gasteiger partial charge is 0.290 e. The molecule has 1 aliphatic rings. The van der Waals surface area contributed by atoms with Crippen LogP contribution < -0.4 is 0 Å². The first-order chi connectivity index (χ1) is 13.1. The van der Waals surface area contributed by atoms with Crippen molar-refractivity contribution in [3.8, 4) is 0 Å². The van der Waals surface area contributed by atoms with Crippen molar-refractivity contribution in [1.82, 2.24) is 19.7 Å². The number of benzene rings is 1. The van der Waals surface area contributed by atoms with Gasteiger partial charge < -0.3 is 0 Å². The number of likely N-dealkylation sites (tertiary alicyclic amines) is 1. The highest BCUT2D eigenvalue weighted by Gasteiger charge is 2.27. The zero-order valence-corrected chi connectivity index (χ0v) is 16.7. The van der Waals surface area contributed by atoms with Crippen molar-refractivity contribution in [2.24, 2.45) is 7.05 Å². The lowest BCUT2D eigenvalue weighted by Crippen LogP contribution is -2.23. The van der Waals surface area contributed by atoms with Crippen LogP contribution in [0, 0.1) is 6.92 Å². The first-order valence-electron chi connectivity index (χ1n) is 9.50. The molecule has 1 aromatic carbocycles. The van der Waals surface area contributed by atoms with E-state index in [2.05, 4.69) is 47.4 Å². The lowest BCUT2D eigenvalue weighted by molar-refractivity contribution is 0.244. The summed E-state index contributed by atoms with van der Waals surface area (Å²) in [5.41, 5.74) is 6.13. The van der Waals surface area contributed by atoms with E-state index in [4.69, 9.17) is 16.6 Å². The lowest BCUT2D eigenvalue weighted by atomic mass is 10.0. The first kappa shape index (κ1) is 18.2. The number of rotatable bonds is 5. The van der Waals surface area contributed by atoms with Crippen molar-refractivity contribution in [3.05, 3.63) is 81.9 Å². The summed E-state index contributed by atoms with van der Waals surface area (Å²) in [6, 6.07) is 13.0. The minimum Gasteiger partial charge on any atom is -0.290 e. The summed E-state index contributed by atoms with van der Waals surface area (Å²) in [5, 5.41) is 5.08. The van der Waals surface area contributed by atoms with Crippen molar-refractivity contribution in [2.75, 3.05) is 6.54 Å². The molecule has 3 aromatic rings. The molecule has 0 aliphatic carbocycles. The third-order valence-corrected chi connectivity index (χ3v) is 5.46. The Hall–Kier alpha value is -2.17. The normalized spacial score (nSPS) is 17.5. The maximum Gasteiger partial charge on any atom is 0.0581 e. The van der Waals surface area contributed by atoms with Gasteiger partial charge in [0.15, 0.2) is 0 Å². The van der Waals surface area contributed by atoms with E-state index in [1.54, 1.807) is 0 Å². The van der Waals surface area contributed by atoms with Gasteiger partial charge in [-0.3, -0.25) is 14.6 Å². The fourth-order valence-electron chi connectivity index (χ4n) is 4.02. The molecule has 1 saturated heterocycles. The van der Waals surface area contributed by atoms with Crippen LogP contribution in [0.5, 0.6) is 0 Å². The maximum atomic E-state index is 6.01. The number of aromatic nitrogens is 3. The molecular weight excluding hydrogens is 356 g/mol. The van der Waals surface area contributed by atoms with Gasteiger partial charge in [0.25, 0.3) is 0 Å². The fraction of sp³-hybridized carbons (Fsp3) is 0.364. The van der Waals surface area contributed by atoms with Gasteiger partial charge >= 0.3 is 0 Å². The van der Waals surface area contributed by atoms with Gasteiger partial charge in [0, 0.05) is 36.1 Å². The van der Waals surface area contributed by atoms with Gasteiger partial charge in [-0.1, -0.05) is 23.7 Å². The highest BCUT2D eigenvalue weighted by Crippen LogP contribution is 2.33. The monoisotopic (exact) mass is 380 g/mol. The molecule has 4 rings (SSSR count). The Kier molecular flexibility index (Phi) is 5.28. The molecule has 1 fully saturated rings. The van der Waals surface area contributed by atoms with Gasteiger partial charge in [-0.2, -0.15) is 5.10 Å². The van der Waals surface area contributed by atoms with Crippen molar-refractivity contribution < 1.29 is 0 Å². The predicted octanol–water partition coefficient (Wildman–Crippen LogP) is 4.70. The summed E-state index contributed by atoms with van der Waals surface area (Å²) >= 11 is 6.01. The molecule has 0 bridgehead atoms. The SMILES string of the molecule is Cc1cc(Cc2ccc(Cl)cc2)cc(C2CCCN2Cc2cnn(C)c2)n1. The van der Waals surface area contributed by atoms with E-state index in [1.807, 2.05) is 30.1 Å². The molecule has 0 radical (unpaired) electrons. The molecule has 1 atom stereocenters. The quantitative estimate of drug-likeness (QED) is 0.643. The second-order valence-electron chi connectivity index (χ2n) is 7.50. The molecular formula is C22H25ClN4. The molecule has 27 heavy (non-hydrogen) atoms. The summed E-state index contributed by atoms with van der Waals surface area (Å²) < 4.78 is 1.87. The van der Waals surface area contributed by atoms with Crippen molar-refractivity contribution in [1.29, 1.82) is 0 Å². The minimum absolute atomic E-state index is 0.383. The van der Waals surface area contributed by atoms with Crippen LogP contribution in [0.3, 0.4) is 0 Å². The van der Waals surface area contributed by atoms with Crippen molar-refractivity contribution in [3.63, 3.8) is 0 Å². The number of halogens is 1. The molecule has 140 valence electrons. The van der Waals surface area contributed by atoms with Crippen LogP contribution in [0.1, 0.15) is 47.0 Å². The van der Waals surface area contributed by atoms with E-state index in [9.17, 15) is 0 Å². The molecule has 5 heteroatoms. The summed E-state index contributed by atoms with van der Waals surface area (Å²) in [4.78, 5) is 7.42. The van der Waals surface area contributed by atoms with Crippen LogP contribution in [0.2, 0.25) is 5.02 Å². The van der Waals surface area contributed by atoms with Gasteiger partial charge in [-0.25, -0.2) is 0 Å². The zero-order chi connectivity index (χ0) is 18.8. The number of hydrogen-bond donors (Lipinski definition) is 0.